The van der Waals surface area contributed by atoms with E-state index in [1.165, 1.54) is 6.92 Å². The van der Waals surface area contributed by atoms with Gasteiger partial charge in [-0.2, -0.15) is 0 Å². The normalized spacial score (nSPS) is 15.0. The van der Waals surface area contributed by atoms with Crippen LogP contribution in [0.1, 0.15) is 29.9 Å². The number of anilines is 2. The molecule has 1 fully saturated rings. The van der Waals surface area contributed by atoms with Gasteiger partial charge in [-0.3, -0.25) is 9.59 Å². The minimum atomic E-state index is -0.470. The number of carbonyl (C=O) groups excluding carboxylic acids is 3. The van der Waals surface area contributed by atoms with Crippen LogP contribution in [0, 0.1) is 0 Å². The van der Waals surface area contributed by atoms with E-state index >= 15 is 0 Å². The topological polar surface area (TPSA) is 76.2 Å². The van der Waals surface area contributed by atoms with Crippen molar-refractivity contribution >= 4 is 52.1 Å². The molecule has 1 aromatic carbocycles. The highest BCUT2D eigenvalue weighted by atomic mass is 35.5. The van der Waals surface area contributed by atoms with Gasteiger partial charge in [0.2, 0.25) is 5.91 Å². The summed E-state index contributed by atoms with van der Waals surface area (Å²) < 4.78 is 11.3. The number of thiophene rings is 1. The van der Waals surface area contributed by atoms with E-state index in [1.807, 2.05) is 6.92 Å². The van der Waals surface area contributed by atoms with Crippen molar-refractivity contribution in [1.82, 2.24) is 0 Å². The lowest BCUT2D eigenvalue weighted by atomic mass is 10.2. The number of hydrogen-bond acceptors (Lipinski definition) is 6. The fraction of sp³-hybridized carbons (Fsp3) is 0.381. The first-order valence-corrected chi connectivity index (χ1v) is 10.8. The third-order valence-electron chi connectivity index (χ3n) is 4.73. The van der Waals surface area contributed by atoms with Crippen LogP contribution >= 0.6 is 22.9 Å². The number of morpholine rings is 1. The molecule has 2 amide bonds. The molecule has 7 nitrogen and oxygen atoms in total. The number of esters is 1. The second-order valence-corrected chi connectivity index (χ2v) is 8.50. The van der Waals surface area contributed by atoms with Crippen molar-refractivity contribution < 1.29 is 23.9 Å². The average Bonchev–Trinajstić information content (AvgIpc) is 3.18. The Hall–Kier alpha value is -2.42. The van der Waals surface area contributed by atoms with E-state index in [9.17, 15) is 14.4 Å². The molecule has 0 N–H and O–H groups in total. The van der Waals surface area contributed by atoms with E-state index in [-0.39, 0.29) is 25.0 Å². The van der Waals surface area contributed by atoms with Crippen molar-refractivity contribution in [3.8, 4) is 0 Å². The van der Waals surface area contributed by atoms with Crippen LogP contribution in [-0.2, 0) is 19.1 Å². The summed E-state index contributed by atoms with van der Waals surface area (Å²) in [4.78, 5) is 40.3. The molecule has 1 aliphatic heterocycles. The second-order valence-electron chi connectivity index (χ2n) is 6.78. The van der Waals surface area contributed by atoms with Gasteiger partial charge in [0.1, 0.15) is 17.6 Å². The van der Waals surface area contributed by atoms with E-state index in [0.717, 1.165) is 17.0 Å². The van der Waals surface area contributed by atoms with Crippen LogP contribution < -0.4 is 9.80 Å². The Balaban J connectivity index is 1.70. The molecule has 2 aromatic rings. The number of ether oxygens (including phenoxy) is 2. The predicted molar refractivity (Wildman–Crippen MR) is 116 cm³/mol. The first kappa shape index (κ1) is 22.3. The van der Waals surface area contributed by atoms with Crippen molar-refractivity contribution in [2.24, 2.45) is 0 Å². The number of amides is 2. The van der Waals surface area contributed by atoms with E-state index in [1.54, 1.807) is 46.2 Å². The van der Waals surface area contributed by atoms with Gasteiger partial charge >= 0.3 is 5.97 Å². The predicted octanol–water partition coefficient (Wildman–Crippen LogP) is 3.75. The highest BCUT2D eigenvalue weighted by Gasteiger charge is 2.23. The fourth-order valence-corrected chi connectivity index (χ4v) is 4.03. The van der Waals surface area contributed by atoms with Gasteiger partial charge in [0.05, 0.1) is 17.5 Å². The number of nitrogens with zero attached hydrogens (tertiary/aromatic N) is 2. The van der Waals surface area contributed by atoms with Crippen molar-refractivity contribution in [3.05, 3.63) is 45.6 Å². The molecule has 3 rings (SSSR count). The van der Waals surface area contributed by atoms with Crippen molar-refractivity contribution in [1.29, 1.82) is 0 Å². The maximum absolute atomic E-state index is 12.3. The van der Waals surface area contributed by atoms with Gasteiger partial charge in [-0.15, -0.1) is 11.3 Å². The number of halogens is 1. The lowest BCUT2D eigenvalue weighted by molar-refractivity contribution is -0.125. The Morgan fingerprint density at radius 2 is 2.00 bits per heavy atom. The Labute approximate surface area is 184 Å². The Morgan fingerprint density at radius 1 is 1.27 bits per heavy atom. The lowest BCUT2D eigenvalue weighted by Gasteiger charge is -2.29. The van der Waals surface area contributed by atoms with Crippen LogP contribution in [0.2, 0.25) is 4.34 Å². The van der Waals surface area contributed by atoms with Crippen LogP contribution in [0.3, 0.4) is 0 Å². The van der Waals surface area contributed by atoms with Crippen LogP contribution in [0.15, 0.2) is 36.4 Å². The maximum atomic E-state index is 12.3. The molecule has 2 heterocycles. The fourth-order valence-electron chi connectivity index (χ4n) is 3.11. The van der Waals surface area contributed by atoms with Gasteiger partial charge in [-0.25, -0.2) is 4.79 Å². The molecule has 0 radical (unpaired) electrons. The molecule has 0 spiro atoms. The number of rotatable bonds is 7. The summed E-state index contributed by atoms with van der Waals surface area (Å²) in [7, 11) is 0. The third-order valence-corrected chi connectivity index (χ3v) is 5.94. The molecule has 0 unspecified atom stereocenters. The van der Waals surface area contributed by atoms with Gasteiger partial charge in [0.25, 0.3) is 5.91 Å². The van der Waals surface area contributed by atoms with Crippen molar-refractivity contribution in [2.75, 3.05) is 36.1 Å². The molecule has 1 saturated heterocycles. The quantitative estimate of drug-likeness (QED) is 0.600. The van der Waals surface area contributed by atoms with E-state index in [2.05, 4.69) is 0 Å². The summed E-state index contributed by atoms with van der Waals surface area (Å²) in [5.41, 5.74) is 1.42. The number of carbonyl (C=O) groups is 3. The van der Waals surface area contributed by atoms with Gasteiger partial charge in [0, 0.05) is 24.8 Å². The number of hydrogen-bond donors (Lipinski definition) is 0. The van der Waals surface area contributed by atoms with E-state index in [4.69, 9.17) is 21.1 Å². The molecular weight excluding hydrogens is 428 g/mol. The molecule has 160 valence electrons. The second kappa shape index (κ2) is 10.1. The Bertz CT molecular complexity index is 914. The molecule has 0 saturated carbocycles. The summed E-state index contributed by atoms with van der Waals surface area (Å²) >= 11 is 7.04. The minimum Gasteiger partial charge on any atom is -0.456 e. The molecule has 0 bridgehead atoms. The molecule has 9 heteroatoms. The molecule has 1 atom stereocenters. The first-order valence-electron chi connectivity index (χ1n) is 9.61. The summed E-state index contributed by atoms with van der Waals surface area (Å²) in [5, 5.41) is 0. The molecular formula is C21H23ClN2O5S. The molecule has 30 heavy (non-hydrogen) atoms. The largest absolute Gasteiger partial charge is 0.456 e. The lowest BCUT2D eigenvalue weighted by Crippen LogP contribution is -2.41. The van der Waals surface area contributed by atoms with Crippen molar-refractivity contribution in [3.63, 3.8) is 0 Å². The van der Waals surface area contributed by atoms with Crippen LogP contribution in [0.5, 0.6) is 0 Å². The summed E-state index contributed by atoms with van der Waals surface area (Å²) in [6, 6.07) is 10.4. The molecule has 0 aliphatic carbocycles. The zero-order chi connectivity index (χ0) is 21.7. The van der Waals surface area contributed by atoms with E-state index in [0.29, 0.717) is 34.5 Å². The monoisotopic (exact) mass is 450 g/mol. The van der Waals surface area contributed by atoms with Gasteiger partial charge < -0.3 is 19.3 Å². The number of benzene rings is 1. The standard InChI is InChI=1S/C21H23ClN2O5S/c1-3-17(29-21(27)18-8-9-19(22)30-18)12-24(14(2)25)16-6-4-15(5-7-16)23-10-11-28-13-20(23)26/h4-9,17H,3,10-13H2,1-2H3/t17-/m0/s1. The van der Waals surface area contributed by atoms with Crippen LogP contribution in [0.4, 0.5) is 11.4 Å². The molecule has 1 aromatic heterocycles. The molecule has 1 aliphatic rings. The summed E-state index contributed by atoms with van der Waals surface area (Å²) in [6.07, 6.45) is 0.0809. The third kappa shape index (κ3) is 5.38. The Kier molecular flexibility index (Phi) is 7.47. The average molecular weight is 451 g/mol. The van der Waals surface area contributed by atoms with Gasteiger partial charge in [-0.05, 0) is 42.8 Å². The SMILES string of the molecule is CC[C@@H](CN(C(C)=O)c1ccc(N2CCOCC2=O)cc1)OC(=O)c1ccc(Cl)s1. The maximum Gasteiger partial charge on any atom is 0.348 e. The zero-order valence-corrected chi connectivity index (χ0v) is 18.4. The Morgan fingerprint density at radius 3 is 2.57 bits per heavy atom. The van der Waals surface area contributed by atoms with E-state index < -0.39 is 12.1 Å². The van der Waals surface area contributed by atoms with Gasteiger partial charge in [-0.1, -0.05) is 18.5 Å². The smallest absolute Gasteiger partial charge is 0.348 e. The highest BCUT2D eigenvalue weighted by Crippen LogP contribution is 2.25. The zero-order valence-electron chi connectivity index (χ0n) is 16.8. The minimum absolute atomic E-state index is 0.0698. The van der Waals surface area contributed by atoms with Gasteiger partial charge in [0.15, 0.2) is 0 Å². The highest BCUT2D eigenvalue weighted by molar-refractivity contribution is 7.17. The summed E-state index contributed by atoms with van der Waals surface area (Å²) in [6.45, 7) is 4.64. The van der Waals surface area contributed by atoms with Crippen LogP contribution in [0.25, 0.3) is 0 Å². The van der Waals surface area contributed by atoms with Crippen molar-refractivity contribution in [2.45, 2.75) is 26.4 Å². The summed E-state index contributed by atoms with van der Waals surface area (Å²) in [5.74, 6) is -0.716. The van der Waals surface area contributed by atoms with Crippen LogP contribution in [-0.4, -0.2) is 50.2 Å². The first-order chi connectivity index (χ1) is 14.4.